The van der Waals surface area contributed by atoms with E-state index in [-0.39, 0.29) is 17.4 Å². The molecule has 0 heterocycles. The Balaban J connectivity index is 3.61. The molecule has 0 radical (unpaired) electrons. The average molecular weight is 203 g/mol. The van der Waals surface area contributed by atoms with Crippen LogP contribution in [0.3, 0.4) is 0 Å². The summed E-state index contributed by atoms with van der Waals surface area (Å²) in [6.07, 6.45) is 1.62. The number of likely N-dealkylation sites (N-methyl/N-ethyl adjacent to an activating group) is 1. The molecule has 0 aromatic heterocycles. The van der Waals surface area contributed by atoms with E-state index < -0.39 is 5.97 Å². The van der Waals surface area contributed by atoms with E-state index in [1.165, 1.54) is 4.90 Å². The Hall–Kier alpha value is -0.970. The third kappa shape index (κ3) is 6.21. The van der Waals surface area contributed by atoms with Crippen molar-refractivity contribution in [2.45, 2.75) is 0 Å². The fourth-order valence-corrected chi connectivity index (χ4v) is 1.30. The number of hydrogen-bond acceptors (Lipinski definition) is 3. The highest BCUT2D eigenvalue weighted by Crippen LogP contribution is 2.01. The molecule has 0 atom stereocenters. The third-order valence-corrected chi connectivity index (χ3v) is 2.18. The van der Waals surface area contributed by atoms with Gasteiger partial charge in [0.1, 0.15) is 0 Å². The van der Waals surface area contributed by atoms with Crippen LogP contribution in [-0.4, -0.2) is 47.0 Å². The second-order valence-electron chi connectivity index (χ2n) is 2.45. The predicted octanol–water partition coefficient (Wildman–Crippen LogP) is 0.449. The molecule has 0 aromatic rings. The molecule has 0 aliphatic rings. The Morgan fingerprint density at radius 3 is 2.62 bits per heavy atom. The quantitative estimate of drug-likeness (QED) is 0.637. The van der Waals surface area contributed by atoms with Crippen LogP contribution < -0.4 is 0 Å². The smallest absolute Gasteiger partial charge is 0.313 e. The van der Waals surface area contributed by atoms with Crippen LogP contribution in [0, 0.1) is 0 Å². The molecule has 13 heavy (non-hydrogen) atoms. The summed E-state index contributed by atoms with van der Waals surface area (Å²) in [4.78, 5) is 22.8. The molecule has 0 aliphatic heterocycles. The summed E-state index contributed by atoms with van der Waals surface area (Å²) in [5.74, 6) is -0.806. The van der Waals surface area contributed by atoms with Crippen molar-refractivity contribution in [2.75, 3.05) is 25.1 Å². The first kappa shape index (κ1) is 12.0. The van der Waals surface area contributed by atoms with Gasteiger partial charge in [0.25, 0.3) is 0 Å². The number of amides is 1. The van der Waals surface area contributed by atoms with Gasteiger partial charge in [-0.15, -0.1) is 18.3 Å². The minimum atomic E-state index is -0.899. The fraction of sp³-hybridized carbons (Fsp3) is 0.500. The lowest BCUT2D eigenvalue weighted by Crippen LogP contribution is -2.28. The van der Waals surface area contributed by atoms with Crippen molar-refractivity contribution in [3.05, 3.63) is 12.7 Å². The minimum Gasteiger partial charge on any atom is -0.481 e. The highest BCUT2D eigenvalue weighted by Gasteiger charge is 2.07. The molecule has 0 fully saturated rings. The Morgan fingerprint density at radius 1 is 1.54 bits per heavy atom. The molecule has 0 spiro atoms. The Morgan fingerprint density at radius 2 is 2.15 bits per heavy atom. The lowest BCUT2D eigenvalue weighted by molar-refractivity contribution is -0.133. The van der Waals surface area contributed by atoms with Gasteiger partial charge < -0.3 is 10.0 Å². The molecular formula is C8H13NO3S. The van der Waals surface area contributed by atoms with E-state index in [2.05, 4.69) is 6.58 Å². The van der Waals surface area contributed by atoms with Gasteiger partial charge >= 0.3 is 5.97 Å². The minimum absolute atomic E-state index is 0.0341. The molecule has 0 saturated carbocycles. The maximum Gasteiger partial charge on any atom is 0.313 e. The molecule has 0 saturated heterocycles. The second kappa shape index (κ2) is 6.54. The summed E-state index contributed by atoms with van der Waals surface area (Å²) >= 11 is 1.10. The lowest BCUT2D eigenvalue weighted by Gasteiger charge is -2.13. The highest BCUT2D eigenvalue weighted by molar-refractivity contribution is 8.00. The van der Waals surface area contributed by atoms with E-state index in [1.807, 2.05) is 0 Å². The molecular weight excluding hydrogens is 190 g/mol. The molecule has 74 valence electrons. The van der Waals surface area contributed by atoms with Gasteiger partial charge in [-0.1, -0.05) is 6.08 Å². The number of carboxylic acid groups (broad SMARTS) is 1. The summed E-state index contributed by atoms with van der Waals surface area (Å²) in [6.45, 7) is 3.99. The van der Waals surface area contributed by atoms with E-state index in [0.29, 0.717) is 6.54 Å². The fourth-order valence-electron chi connectivity index (χ4n) is 0.631. The summed E-state index contributed by atoms with van der Waals surface area (Å²) in [7, 11) is 1.66. The molecule has 4 nitrogen and oxygen atoms in total. The number of hydrogen-bond donors (Lipinski definition) is 1. The van der Waals surface area contributed by atoms with Crippen LogP contribution in [0.5, 0.6) is 0 Å². The summed E-state index contributed by atoms with van der Waals surface area (Å²) in [5, 5.41) is 8.31. The van der Waals surface area contributed by atoms with E-state index in [4.69, 9.17) is 5.11 Å². The van der Waals surface area contributed by atoms with E-state index in [1.54, 1.807) is 13.1 Å². The van der Waals surface area contributed by atoms with Crippen LogP contribution in [0.2, 0.25) is 0 Å². The van der Waals surface area contributed by atoms with Gasteiger partial charge in [-0.05, 0) is 0 Å². The zero-order chi connectivity index (χ0) is 10.3. The standard InChI is InChI=1S/C8H13NO3S/c1-3-4-9(2)7(10)5-13-6-8(11)12/h3H,1,4-6H2,2H3,(H,11,12). The van der Waals surface area contributed by atoms with Gasteiger partial charge in [-0.3, -0.25) is 9.59 Å². The SMILES string of the molecule is C=CCN(C)C(=O)CSCC(=O)O. The maximum absolute atomic E-state index is 11.2. The Kier molecular flexibility index (Phi) is 6.05. The van der Waals surface area contributed by atoms with Crippen molar-refractivity contribution >= 4 is 23.6 Å². The Labute approximate surface area is 81.6 Å². The van der Waals surface area contributed by atoms with Crippen LogP contribution in [-0.2, 0) is 9.59 Å². The van der Waals surface area contributed by atoms with E-state index >= 15 is 0 Å². The molecule has 1 N–H and O–H groups in total. The third-order valence-electron chi connectivity index (χ3n) is 1.28. The number of thioether (sulfide) groups is 1. The second-order valence-corrected chi connectivity index (χ2v) is 3.44. The van der Waals surface area contributed by atoms with Gasteiger partial charge in [-0.25, -0.2) is 0 Å². The number of rotatable bonds is 6. The lowest BCUT2D eigenvalue weighted by atomic mass is 10.5. The summed E-state index contributed by atoms with van der Waals surface area (Å²) in [5.41, 5.74) is 0. The van der Waals surface area contributed by atoms with Gasteiger partial charge in [0.15, 0.2) is 0 Å². The molecule has 0 unspecified atom stereocenters. The van der Waals surface area contributed by atoms with Crippen molar-refractivity contribution in [3.63, 3.8) is 0 Å². The monoisotopic (exact) mass is 203 g/mol. The topological polar surface area (TPSA) is 57.6 Å². The highest BCUT2D eigenvalue weighted by atomic mass is 32.2. The normalized spacial score (nSPS) is 9.31. The predicted molar refractivity (Wildman–Crippen MR) is 52.8 cm³/mol. The molecule has 5 heteroatoms. The van der Waals surface area contributed by atoms with Crippen LogP contribution in [0.4, 0.5) is 0 Å². The zero-order valence-electron chi connectivity index (χ0n) is 7.52. The van der Waals surface area contributed by atoms with Gasteiger partial charge in [0.05, 0.1) is 11.5 Å². The van der Waals surface area contributed by atoms with Gasteiger partial charge in [0.2, 0.25) is 5.91 Å². The average Bonchev–Trinajstić information content (AvgIpc) is 2.04. The van der Waals surface area contributed by atoms with E-state index in [0.717, 1.165) is 11.8 Å². The van der Waals surface area contributed by atoms with Gasteiger partial charge in [-0.2, -0.15) is 0 Å². The van der Waals surface area contributed by atoms with Crippen molar-refractivity contribution in [3.8, 4) is 0 Å². The van der Waals surface area contributed by atoms with E-state index in [9.17, 15) is 9.59 Å². The first-order chi connectivity index (χ1) is 6.07. The number of carbonyl (C=O) groups excluding carboxylic acids is 1. The first-order valence-electron chi connectivity index (χ1n) is 3.72. The molecule has 1 amide bonds. The largest absolute Gasteiger partial charge is 0.481 e. The number of aliphatic carboxylic acids is 1. The molecule has 0 bridgehead atoms. The van der Waals surface area contributed by atoms with Crippen molar-refractivity contribution in [1.29, 1.82) is 0 Å². The Bertz CT molecular complexity index is 206. The van der Waals surface area contributed by atoms with Crippen molar-refractivity contribution < 1.29 is 14.7 Å². The van der Waals surface area contributed by atoms with Crippen molar-refractivity contribution in [2.24, 2.45) is 0 Å². The van der Waals surface area contributed by atoms with Crippen LogP contribution in [0.1, 0.15) is 0 Å². The molecule has 0 rings (SSSR count). The van der Waals surface area contributed by atoms with Crippen LogP contribution in [0.25, 0.3) is 0 Å². The van der Waals surface area contributed by atoms with Crippen LogP contribution in [0.15, 0.2) is 12.7 Å². The molecule has 0 aliphatic carbocycles. The number of carboxylic acids is 1. The maximum atomic E-state index is 11.2. The summed E-state index contributed by atoms with van der Waals surface area (Å²) in [6, 6.07) is 0. The summed E-state index contributed by atoms with van der Waals surface area (Å²) < 4.78 is 0. The zero-order valence-corrected chi connectivity index (χ0v) is 8.34. The van der Waals surface area contributed by atoms with Crippen LogP contribution >= 0.6 is 11.8 Å². The number of nitrogens with zero attached hydrogens (tertiary/aromatic N) is 1. The van der Waals surface area contributed by atoms with Gasteiger partial charge in [0, 0.05) is 13.6 Å². The van der Waals surface area contributed by atoms with Crippen molar-refractivity contribution in [1.82, 2.24) is 4.90 Å². The molecule has 0 aromatic carbocycles. The number of carbonyl (C=O) groups is 2. The first-order valence-corrected chi connectivity index (χ1v) is 4.87.